The van der Waals surface area contributed by atoms with Crippen molar-refractivity contribution < 1.29 is 9.47 Å². The molecule has 116 valence electrons. The number of hydrogen-bond donors (Lipinski definition) is 1. The fraction of sp³-hybridized carbons (Fsp3) is 0.222. The van der Waals surface area contributed by atoms with Gasteiger partial charge < -0.3 is 14.8 Å². The minimum Gasteiger partial charge on any atom is -0.497 e. The Morgan fingerprint density at radius 1 is 1.00 bits per heavy atom. The van der Waals surface area contributed by atoms with Crippen molar-refractivity contribution in [1.29, 1.82) is 0 Å². The quantitative estimate of drug-likeness (QED) is 0.794. The number of rotatable bonds is 7. The van der Waals surface area contributed by atoms with Gasteiger partial charge in [-0.1, -0.05) is 30.2 Å². The number of methoxy groups -OCH3 is 1. The van der Waals surface area contributed by atoms with Crippen molar-refractivity contribution in [3.8, 4) is 23.8 Å². The molecular weight excluding hydrogens is 298 g/mol. The predicted octanol–water partition coefficient (Wildman–Crippen LogP) is 3.42. The van der Waals surface area contributed by atoms with Crippen molar-refractivity contribution in [2.24, 2.45) is 0 Å². The maximum Gasteiger partial charge on any atom is 0.148 e. The van der Waals surface area contributed by atoms with Crippen LogP contribution in [0.5, 0.6) is 11.5 Å². The standard InChI is InChI=1S/C18H19NO2.ClH/c1-3-11-21-18-6-4-5-16(12-18)14-19-13-15-7-9-17(20-2)10-8-15;/h1,4-10,12,19H,11,13-14H2,2H3;1H. The van der Waals surface area contributed by atoms with Crippen LogP contribution in [0.4, 0.5) is 0 Å². The second kappa shape index (κ2) is 9.73. The number of nitrogens with one attached hydrogen (secondary N) is 1. The molecule has 22 heavy (non-hydrogen) atoms. The summed E-state index contributed by atoms with van der Waals surface area (Å²) in [5.41, 5.74) is 2.38. The van der Waals surface area contributed by atoms with Gasteiger partial charge in [-0.2, -0.15) is 0 Å². The molecule has 0 amide bonds. The van der Waals surface area contributed by atoms with Crippen molar-refractivity contribution in [3.63, 3.8) is 0 Å². The first-order valence-corrected chi connectivity index (χ1v) is 6.80. The van der Waals surface area contributed by atoms with Crippen molar-refractivity contribution >= 4 is 12.4 Å². The molecule has 0 saturated heterocycles. The Morgan fingerprint density at radius 3 is 2.41 bits per heavy atom. The van der Waals surface area contributed by atoms with Crippen LogP contribution in [-0.2, 0) is 13.1 Å². The molecule has 0 unspecified atom stereocenters. The van der Waals surface area contributed by atoms with Crippen LogP contribution in [0.2, 0.25) is 0 Å². The number of terminal acetylenes is 1. The van der Waals surface area contributed by atoms with Crippen LogP contribution in [0.1, 0.15) is 11.1 Å². The summed E-state index contributed by atoms with van der Waals surface area (Å²) in [4.78, 5) is 0. The zero-order chi connectivity index (χ0) is 14.9. The Kier molecular flexibility index (Phi) is 7.91. The molecule has 2 aromatic rings. The number of halogens is 1. The van der Waals surface area contributed by atoms with Gasteiger partial charge in [-0.3, -0.25) is 0 Å². The zero-order valence-corrected chi connectivity index (χ0v) is 13.4. The molecule has 1 N–H and O–H groups in total. The monoisotopic (exact) mass is 317 g/mol. The van der Waals surface area contributed by atoms with E-state index in [1.165, 1.54) is 5.56 Å². The molecule has 0 aliphatic heterocycles. The summed E-state index contributed by atoms with van der Waals surface area (Å²) in [5, 5.41) is 3.40. The molecule has 0 aliphatic carbocycles. The van der Waals surface area contributed by atoms with E-state index in [2.05, 4.69) is 29.4 Å². The van der Waals surface area contributed by atoms with Gasteiger partial charge in [-0.15, -0.1) is 18.8 Å². The number of benzene rings is 2. The third kappa shape index (κ3) is 5.69. The maximum absolute atomic E-state index is 5.41. The smallest absolute Gasteiger partial charge is 0.148 e. The molecule has 0 aromatic heterocycles. The van der Waals surface area contributed by atoms with Gasteiger partial charge in [0.05, 0.1) is 7.11 Å². The van der Waals surface area contributed by atoms with Crippen LogP contribution < -0.4 is 14.8 Å². The lowest BCUT2D eigenvalue weighted by molar-refractivity contribution is 0.370. The molecule has 4 heteroatoms. The second-order valence-corrected chi connectivity index (χ2v) is 4.59. The summed E-state index contributed by atoms with van der Waals surface area (Å²) in [6, 6.07) is 16.0. The van der Waals surface area contributed by atoms with E-state index in [4.69, 9.17) is 15.9 Å². The van der Waals surface area contributed by atoms with Gasteiger partial charge in [0.1, 0.15) is 18.1 Å². The van der Waals surface area contributed by atoms with E-state index >= 15 is 0 Å². The molecular formula is C18H20ClNO2. The van der Waals surface area contributed by atoms with Gasteiger partial charge in [0, 0.05) is 13.1 Å². The van der Waals surface area contributed by atoms with Crippen LogP contribution in [0.25, 0.3) is 0 Å². The highest BCUT2D eigenvalue weighted by molar-refractivity contribution is 5.85. The predicted molar refractivity (Wildman–Crippen MR) is 91.6 cm³/mol. The molecule has 2 rings (SSSR count). The van der Waals surface area contributed by atoms with Crippen LogP contribution in [0.15, 0.2) is 48.5 Å². The Balaban J connectivity index is 0.00000242. The van der Waals surface area contributed by atoms with Gasteiger partial charge in [-0.25, -0.2) is 0 Å². The largest absolute Gasteiger partial charge is 0.497 e. The van der Waals surface area contributed by atoms with E-state index in [0.717, 1.165) is 30.2 Å². The van der Waals surface area contributed by atoms with Crippen molar-refractivity contribution in [2.45, 2.75) is 13.1 Å². The third-order valence-corrected chi connectivity index (χ3v) is 3.04. The molecule has 0 radical (unpaired) electrons. The molecule has 2 aromatic carbocycles. The first kappa shape index (κ1) is 17.9. The van der Waals surface area contributed by atoms with E-state index in [-0.39, 0.29) is 12.4 Å². The van der Waals surface area contributed by atoms with Crippen molar-refractivity contribution in [1.82, 2.24) is 5.32 Å². The topological polar surface area (TPSA) is 30.5 Å². The first-order valence-electron chi connectivity index (χ1n) is 6.80. The Bertz CT molecular complexity index is 605. The van der Waals surface area contributed by atoms with Crippen LogP contribution in [0, 0.1) is 12.3 Å². The van der Waals surface area contributed by atoms with Gasteiger partial charge in [0.15, 0.2) is 0 Å². The number of ether oxygens (including phenoxy) is 2. The lowest BCUT2D eigenvalue weighted by Crippen LogP contribution is -2.12. The van der Waals surface area contributed by atoms with E-state index in [1.54, 1.807) is 7.11 Å². The first-order chi connectivity index (χ1) is 10.3. The average molecular weight is 318 g/mol. The summed E-state index contributed by atoms with van der Waals surface area (Å²) < 4.78 is 10.5. The van der Waals surface area contributed by atoms with E-state index < -0.39 is 0 Å². The highest BCUT2D eigenvalue weighted by Crippen LogP contribution is 2.14. The molecule has 0 fully saturated rings. The Morgan fingerprint density at radius 2 is 1.73 bits per heavy atom. The molecule has 0 aliphatic rings. The lowest BCUT2D eigenvalue weighted by Gasteiger charge is -2.08. The SMILES string of the molecule is C#CCOc1cccc(CNCc2ccc(OC)cc2)c1.Cl. The lowest BCUT2D eigenvalue weighted by atomic mass is 10.2. The normalized spacial score (nSPS) is 9.45. The van der Waals surface area contributed by atoms with Gasteiger partial charge in [0.25, 0.3) is 0 Å². The van der Waals surface area contributed by atoms with Crippen molar-refractivity contribution in [3.05, 3.63) is 59.7 Å². The highest BCUT2D eigenvalue weighted by atomic mass is 35.5. The molecule has 0 spiro atoms. The summed E-state index contributed by atoms with van der Waals surface area (Å²) in [6.07, 6.45) is 5.18. The third-order valence-electron chi connectivity index (χ3n) is 3.04. The number of hydrogen-bond acceptors (Lipinski definition) is 3. The van der Waals surface area contributed by atoms with E-state index in [1.807, 2.05) is 30.3 Å². The Labute approximate surface area is 138 Å². The van der Waals surface area contributed by atoms with E-state index in [0.29, 0.717) is 6.61 Å². The Hall–Kier alpha value is -2.15. The van der Waals surface area contributed by atoms with E-state index in [9.17, 15) is 0 Å². The van der Waals surface area contributed by atoms with Gasteiger partial charge in [0.2, 0.25) is 0 Å². The van der Waals surface area contributed by atoms with Crippen LogP contribution in [-0.4, -0.2) is 13.7 Å². The molecule has 0 atom stereocenters. The van der Waals surface area contributed by atoms with Crippen LogP contribution in [0.3, 0.4) is 0 Å². The summed E-state index contributed by atoms with van der Waals surface area (Å²) >= 11 is 0. The fourth-order valence-electron chi connectivity index (χ4n) is 1.96. The van der Waals surface area contributed by atoms with Crippen molar-refractivity contribution in [2.75, 3.05) is 13.7 Å². The second-order valence-electron chi connectivity index (χ2n) is 4.59. The molecule has 0 heterocycles. The summed E-state index contributed by atoms with van der Waals surface area (Å²) in [7, 11) is 1.67. The average Bonchev–Trinajstić information content (AvgIpc) is 2.54. The molecule has 0 bridgehead atoms. The summed E-state index contributed by atoms with van der Waals surface area (Å²) in [6.45, 7) is 1.88. The van der Waals surface area contributed by atoms with Crippen LogP contribution >= 0.6 is 12.4 Å². The fourth-order valence-corrected chi connectivity index (χ4v) is 1.96. The molecule has 0 saturated carbocycles. The minimum atomic E-state index is 0. The van der Waals surface area contributed by atoms with Gasteiger partial charge in [-0.05, 0) is 35.4 Å². The highest BCUT2D eigenvalue weighted by Gasteiger charge is 1.98. The summed E-state index contributed by atoms with van der Waals surface area (Å²) in [5.74, 6) is 4.14. The minimum absolute atomic E-state index is 0. The molecule has 3 nitrogen and oxygen atoms in total. The maximum atomic E-state index is 5.41. The van der Waals surface area contributed by atoms with Gasteiger partial charge >= 0.3 is 0 Å². The zero-order valence-electron chi connectivity index (χ0n) is 12.5.